The second kappa shape index (κ2) is 10.5. The van der Waals surface area contributed by atoms with Crippen LogP contribution in [0.25, 0.3) is 17.1 Å². The maximum Gasteiger partial charge on any atom is 0.250 e. The number of aromatic hydroxyl groups is 1. The normalized spacial score (nSPS) is 10.9. The van der Waals surface area contributed by atoms with Gasteiger partial charge in [0.05, 0.1) is 19.1 Å². The first-order valence-corrected chi connectivity index (χ1v) is 11.0. The molecule has 33 heavy (non-hydrogen) atoms. The molecule has 0 aliphatic rings. The van der Waals surface area contributed by atoms with Crippen molar-refractivity contribution in [2.24, 2.45) is 5.10 Å². The number of benzene rings is 3. The highest BCUT2D eigenvalue weighted by Gasteiger charge is 2.17. The van der Waals surface area contributed by atoms with Crippen LogP contribution in [0, 0.1) is 0 Å². The van der Waals surface area contributed by atoms with E-state index >= 15 is 0 Å². The molecule has 0 radical (unpaired) electrons. The molecule has 0 saturated carbocycles. The van der Waals surface area contributed by atoms with Crippen LogP contribution in [0.1, 0.15) is 5.56 Å². The number of phenolic OH excluding ortho intramolecular Hbond substituents is 1. The standard InChI is InChI=1S/C24H21N5O3S/c1-32-21-12-10-19(11-13-21)29-23(18-7-3-2-4-8-18)27-28-24(29)33-16-22(31)26-25-15-17-6-5-9-20(30)14-17/h2-15,30H,16H2,1H3,(H,26,31)/b25-15+. The van der Waals surface area contributed by atoms with E-state index in [0.29, 0.717) is 16.5 Å². The van der Waals surface area contributed by atoms with E-state index < -0.39 is 0 Å². The molecule has 1 heterocycles. The van der Waals surface area contributed by atoms with Gasteiger partial charge in [-0.1, -0.05) is 54.2 Å². The first-order valence-electron chi connectivity index (χ1n) is 10.0. The van der Waals surface area contributed by atoms with Crippen molar-refractivity contribution in [3.05, 3.63) is 84.4 Å². The molecule has 3 aromatic carbocycles. The Bertz CT molecular complexity index is 1260. The Morgan fingerprint density at radius 3 is 2.61 bits per heavy atom. The van der Waals surface area contributed by atoms with Crippen LogP contribution in [-0.2, 0) is 4.79 Å². The maximum absolute atomic E-state index is 12.3. The molecule has 8 nitrogen and oxygen atoms in total. The summed E-state index contributed by atoms with van der Waals surface area (Å²) in [6.07, 6.45) is 1.47. The fraction of sp³-hybridized carbons (Fsp3) is 0.0833. The zero-order valence-corrected chi connectivity index (χ0v) is 18.6. The molecule has 4 rings (SSSR count). The van der Waals surface area contributed by atoms with Crippen LogP contribution in [0.15, 0.2) is 89.1 Å². The van der Waals surface area contributed by atoms with Gasteiger partial charge in [-0.3, -0.25) is 9.36 Å². The number of hydrogen-bond donors (Lipinski definition) is 2. The first kappa shape index (κ1) is 22.1. The summed E-state index contributed by atoms with van der Waals surface area (Å²) >= 11 is 1.26. The van der Waals surface area contributed by atoms with Crippen molar-refractivity contribution in [3.8, 4) is 28.6 Å². The molecule has 0 bridgehead atoms. The number of carbonyl (C=O) groups is 1. The van der Waals surface area contributed by atoms with Crippen molar-refractivity contribution in [2.45, 2.75) is 5.16 Å². The third-order valence-electron chi connectivity index (χ3n) is 4.60. The second-order valence-electron chi connectivity index (χ2n) is 6.88. The molecule has 9 heteroatoms. The van der Waals surface area contributed by atoms with Gasteiger partial charge in [-0.25, -0.2) is 5.43 Å². The number of ether oxygens (including phenoxy) is 1. The Kier molecular flexibility index (Phi) is 7.01. The molecule has 1 amide bonds. The molecule has 0 saturated heterocycles. The van der Waals surface area contributed by atoms with Gasteiger partial charge in [0.25, 0.3) is 5.91 Å². The summed E-state index contributed by atoms with van der Waals surface area (Å²) in [7, 11) is 1.62. The number of aromatic nitrogens is 3. The number of methoxy groups -OCH3 is 1. The van der Waals surface area contributed by atoms with E-state index in [0.717, 1.165) is 17.0 Å². The van der Waals surface area contributed by atoms with Crippen molar-refractivity contribution in [3.63, 3.8) is 0 Å². The minimum atomic E-state index is -0.290. The molecule has 0 unspecified atom stereocenters. The third-order valence-corrected chi connectivity index (χ3v) is 5.53. The number of rotatable bonds is 8. The van der Waals surface area contributed by atoms with Crippen molar-refractivity contribution < 1.29 is 14.6 Å². The van der Waals surface area contributed by atoms with Gasteiger partial charge in [0.1, 0.15) is 11.5 Å². The number of thioether (sulfide) groups is 1. The van der Waals surface area contributed by atoms with Gasteiger partial charge in [0.2, 0.25) is 0 Å². The monoisotopic (exact) mass is 459 g/mol. The summed E-state index contributed by atoms with van der Waals surface area (Å²) in [5.41, 5.74) is 4.92. The van der Waals surface area contributed by atoms with Crippen molar-refractivity contribution in [1.29, 1.82) is 0 Å². The molecular weight excluding hydrogens is 438 g/mol. The maximum atomic E-state index is 12.3. The number of hydrazone groups is 1. The van der Waals surface area contributed by atoms with Crippen molar-refractivity contribution in [1.82, 2.24) is 20.2 Å². The van der Waals surface area contributed by atoms with Gasteiger partial charge >= 0.3 is 0 Å². The Morgan fingerprint density at radius 2 is 1.88 bits per heavy atom. The lowest BCUT2D eigenvalue weighted by molar-refractivity contribution is -0.118. The van der Waals surface area contributed by atoms with E-state index in [9.17, 15) is 9.90 Å². The molecule has 0 fully saturated rings. The predicted molar refractivity (Wildman–Crippen MR) is 128 cm³/mol. The SMILES string of the molecule is COc1ccc(-n2c(SCC(=O)N/N=C/c3cccc(O)c3)nnc2-c2ccccc2)cc1. The third kappa shape index (κ3) is 5.58. The molecule has 0 aliphatic heterocycles. The van der Waals surface area contributed by atoms with Crippen molar-refractivity contribution >= 4 is 23.9 Å². The second-order valence-corrected chi connectivity index (χ2v) is 7.82. The van der Waals surface area contributed by atoms with E-state index in [1.54, 1.807) is 31.4 Å². The van der Waals surface area contributed by atoms with Crippen LogP contribution in [0.4, 0.5) is 0 Å². The topological polar surface area (TPSA) is 102 Å². The minimum absolute atomic E-state index is 0.0977. The smallest absolute Gasteiger partial charge is 0.250 e. The van der Waals surface area contributed by atoms with Crippen LogP contribution in [0.5, 0.6) is 11.5 Å². The van der Waals surface area contributed by atoms with Gasteiger partial charge in [0, 0.05) is 11.3 Å². The van der Waals surface area contributed by atoms with E-state index in [1.165, 1.54) is 18.0 Å². The van der Waals surface area contributed by atoms with Crippen LogP contribution >= 0.6 is 11.8 Å². The molecule has 2 N–H and O–H groups in total. The lowest BCUT2D eigenvalue weighted by Crippen LogP contribution is -2.20. The predicted octanol–water partition coefficient (Wildman–Crippen LogP) is 3.89. The first-order chi connectivity index (χ1) is 16.1. The number of phenols is 1. The summed E-state index contributed by atoms with van der Waals surface area (Å²) in [4.78, 5) is 12.3. The van der Waals surface area contributed by atoms with Gasteiger partial charge < -0.3 is 9.84 Å². The fourth-order valence-corrected chi connectivity index (χ4v) is 3.79. The van der Waals surface area contributed by atoms with Crippen LogP contribution in [0.2, 0.25) is 0 Å². The average molecular weight is 460 g/mol. The average Bonchev–Trinajstić information content (AvgIpc) is 3.27. The van der Waals surface area contributed by atoms with E-state index in [-0.39, 0.29) is 17.4 Å². The summed E-state index contributed by atoms with van der Waals surface area (Å²) in [6, 6.07) is 23.9. The number of hydrogen-bond acceptors (Lipinski definition) is 7. The van der Waals surface area contributed by atoms with Crippen LogP contribution < -0.4 is 10.2 Å². The number of nitrogens with zero attached hydrogens (tertiary/aromatic N) is 4. The number of nitrogens with one attached hydrogen (secondary N) is 1. The van der Waals surface area contributed by atoms with E-state index in [2.05, 4.69) is 20.7 Å². The van der Waals surface area contributed by atoms with Crippen LogP contribution in [-0.4, -0.2) is 44.9 Å². The molecule has 4 aromatic rings. The molecule has 1 aromatic heterocycles. The Morgan fingerprint density at radius 1 is 1.09 bits per heavy atom. The summed E-state index contributed by atoms with van der Waals surface area (Å²) in [5.74, 6) is 1.35. The summed E-state index contributed by atoms with van der Waals surface area (Å²) in [6.45, 7) is 0. The fourth-order valence-electron chi connectivity index (χ4n) is 3.05. The quantitative estimate of drug-likeness (QED) is 0.235. The number of amides is 1. The highest BCUT2D eigenvalue weighted by atomic mass is 32.2. The number of carbonyl (C=O) groups excluding carboxylic acids is 1. The lowest BCUT2D eigenvalue weighted by atomic mass is 10.2. The summed E-state index contributed by atoms with van der Waals surface area (Å²) in [5, 5.41) is 22.7. The largest absolute Gasteiger partial charge is 0.508 e. The van der Waals surface area contributed by atoms with E-state index in [1.807, 2.05) is 59.2 Å². The molecule has 0 aliphatic carbocycles. The Balaban J connectivity index is 1.51. The van der Waals surface area contributed by atoms with Gasteiger partial charge in [0.15, 0.2) is 11.0 Å². The highest BCUT2D eigenvalue weighted by Crippen LogP contribution is 2.28. The Labute approximate surface area is 194 Å². The van der Waals surface area contributed by atoms with E-state index in [4.69, 9.17) is 4.74 Å². The molecule has 0 spiro atoms. The van der Waals surface area contributed by atoms with Gasteiger partial charge in [-0.2, -0.15) is 5.10 Å². The Hall–Kier alpha value is -4.11. The van der Waals surface area contributed by atoms with Crippen LogP contribution in [0.3, 0.4) is 0 Å². The highest BCUT2D eigenvalue weighted by molar-refractivity contribution is 7.99. The zero-order valence-electron chi connectivity index (χ0n) is 17.8. The molecule has 0 atom stereocenters. The molecule has 166 valence electrons. The minimum Gasteiger partial charge on any atom is -0.508 e. The zero-order chi connectivity index (χ0) is 23.0. The molecular formula is C24H21N5O3S. The van der Waals surface area contributed by atoms with Gasteiger partial charge in [-0.15, -0.1) is 10.2 Å². The lowest BCUT2D eigenvalue weighted by Gasteiger charge is -2.11. The van der Waals surface area contributed by atoms with Gasteiger partial charge in [-0.05, 0) is 42.0 Å². The van der Waals surface area contributed by atoms with Crippen molar-refractivity contribution in [2.75, 3.05) is 12.9 Å². The summed E-state index contributed by atoms with van der Waals surface area (Å²) < 4.78 is 7.17.